The van der Waals surface area contributed by atoms with Gasteiger partial charge in [-0.25, -0.2) is 9.97 Å². The number of amides is 1. The van der Waals surface area contributed by atoms with Crippen LogP contribution in [0.15, 0.2) is 23.6 Å². The van der Waals surface area contributed by atoms with E-state index in [1.165, 1.54) is 11.3 Å². The number of fused-ring (bicyclic) bond motifs is 1. The van der Waals surface area contributed by atoms with E-state index in [1.54, 1.807) is 12.4 Å². The highest BCUT2D eigenvalue weighted by Crippen LogP contribution is 2.17. The number of rotatable bonds is 6. The summed E-state index contributed by atoms with van der Waals surface area (Å²) >= 11 is 7.36. The Morgan fingerprint density at radius 1 is 1.39 bits per heavy atom. The number of H-pyrrole nitrogens is 1. The minimum absolute atomic E-state index is 0.154. The number of hydrogen-bond donors (Lipinski definition) is 3. The molecule has 1 aromatic carbocycles. The van der Waals surface area contributed by atoms with E-state index >= 15 is 0 Å². The average Bonchev–Trinajstić information content (AvgIpc) is 3.17. The summed E-state index contributed by atoms with van der Waals surface area (Å²) in [5.74, 6) is 0.738. The Morgan fingerprint density at radius 3 is 3.04 bits per heavy atom. The highest BCUT2D eigenvalue weighted by Gasteiger charge is 2.09. The third kappa shape index (κ3) is 3.80. The number of carbonyl (C=O) groups excluding carboxylic acids is 1. The fourth-order valence-corrected chi connectivity index (χ4v) is 3.02. The van der Waals surface area contributed by atoms with Crippen LogP contribution in [0.5, 0.6) is 0 Å². The molecule has 8 heteroatoms. The zero-order valence-electron chi connectivity index (χ0n) is 12.5. The topological polar surface area (TPSA) is 82.7 Å². The van der Waals surface area contributed by atoms with Crippen LogP contribution in [0.4, 0.5) is 5.13 Å². The first-order valence-electron chi connectivity index (χ1n) is 7.21. The van der Waals surface area contributed by atoms with Crippen molar-refractivity contribution in [1.29, 1.82) is 0 Å². The number of nitrogens with zero attached hydrogens (tertiary/aromatic N) is 2. The lowest BCUT2D eigenvalue weighted by Crippen LogP contribution is -2.25. The molecule has 6 nitrogen and oxygen atoms in total. The Morgan fingerprint density at radius 2 is 2.26 bits per heavy atom. The highest BCUT2D eigenvalue weighted by atomic mass is 35.5. The molecule has 1 amide bonds. The summed E-state index contributed by atoms with van der Waals surface area (Å²) in [4.78, 5) is 23.8. The molecular formula is C15H16ClN5OS. The molecule has 0 fully saturated rings. The Kier molecular flexibility index (Phi) is 4.78. The molecule has 0 spiro atoms. The van der Waals surface area contributed by atoms with Gasteiger partial charge >= 0.3 is 0 Å². The van der Waals surface area contributed by atoms with Crippen LogP contribution in [0.1, 0.15) is 22.7 Å². The number of aromatic amines is 1. The SMILES string of the molecule is CNc1nc(C(=O)NCCCc2nc3ccc(Cl)cc3[nH]2)cs1. The predicted molar refractivity (Wildman–Crippen MR) is 93.4 cm³/mol. The van der Waals surface area contributed by atoms with E-state index in [1.807, 2.05) is 18.2 Å². The minimum atomic E-state index is -0.154. The van der Waals surface area contributed by atoms with Gasteiger partial charge in [0.15, 0.2) is 5.13 Å². The maximum Gasteiger partial charge on any atom is 0.270 e. The standard InChI is InChI=1S/C15H16ClN5OS/c1-17-15-21-12(8-23-15)14(22)18-6-2-3-13-19-10-5-4-9(16)7-11(10)20-13/h4-5,7-8H,2-3,6H2,1H3,(H,17,21)(H,18,22)(H,19,20). The predicted octanol–water partition coefficient (Wildman–Crippen LogP) is 3.08. The fraction of sp³-hybridized carbons (Fsp3) is 0.267. The molecule has 3 rings (SSSR count). The number of nitrogens with one attached hydrogen (secondary N) is 3. The van der Waals surface area contributed by atoms with E-state index in [-0.39, 0.29) is 5.91 Å². The summed E-state index contributed by atoms with van der Waals surface area (Å²) in [5, 5.41) is 8.93. The average molecular weight is 350 g/mol. The molecule has 23 heavy (non-hydrogen) atoms. The van der Waals surface area contributed by atoms with Crippen molar-refractivity contribution in [3.05, 3.63) is 40.1 Å². The monoisotopic (exact) mass is 349 g/mol. The molecule has 0 atom stereocenters. The molecule has 0 saturated heterocycles. The minimum Gasteiger partial charge on any atom is -0.365 e. The van der Waals surface area contributed by atoms with Gasteiger partial charge in [0.2, 0.25) is 0 Å². The Labute approximate surface area is 142 Å². The number of carbonyl (C=O) groups is 1. The van der Waals surface area contributed by atoms with Gasteiger partial charge in [0.25, 0.3) is 5.91 Å². The molecule has 0 saturated carbocycles. The van der Waals surface area contributed by atoms with Crippen molar-refractivity contribution in [1.82, 2.24) is 20.3 Å². The second-order valence-corrected chi connectivity index (χ2v) is 6.29. The summed E-state index contributed by atoms with van der Waals surface area (Å²) in [6.45, 7) is 0.572. The molecular weight excluding hydrogens is 334 g/mol. The summed E-state index contributed by atoms with van der Waals surface area (Å²) in [6, 6.07) is 5.57. The van der Waals surface area contributed by atoms with Crippen LogP contribution < -0.4 is 10.6 Å². The molecule has 3 N–H and O–H groups in total. The van der Waals surface area contributed by atoms with E-state index < -0.39 is 0 Å². The smallest absolute Gasteiger partial charge is 0.270 e. The number of thiazole rings is 1. The quantitative estimate of drug-likeness (QED) is 0.597. The van der Waals surface area contributed by atoms with Crippen LogP contribution >= 0.6 is 22.9 Å². The first kappa shape index (κ1) is 15.8. The number of anilines is 1. The van der Waals surface area contributed by atoms with Gasteiger partial charge in [0.05, 0.1) is 11.0 Å². The molecule has 0 unspecified atom stereocenters. The molecule has 0 radical (unpaired) electrons. The number of aryl methyl sites for hydroxylation is 1. The van der Waals surface area contributed by atoms with Crippen molar-refractivity contribution in [2.75, 3.05) is 18.9 Å². The van der Waals surface area contributed by atoms with Gasteiger partial charge in [-0.2, -0.15) is 0 Å². The maximum atomic E-state index is 11.9. The van der Waals surface area contributed by atoms with E-state index in [2.05, 4.69) is 25.6 Å². The number of aromatic nitrogens is 3. The summed E-state index contributed by atoms with van der Waals surface area (Å²) in [5.41, 5.74) is 2.27. The van der Waals surface area contributed by atoms with Crippen molar-refractivity contribution in [3.8, 4) is 0 Å². The van der Waals surface area contributed by atoms with Crippen molar-refractivity contribution in [2.45, 2.75) is 12.8 Å². The second-order valence-electron chi connectivity index (χ2n) is 4.99. The maximum absolute atomic E-state index is 11.9. The van der Waals surface area contributed by atoms with E-state index in [0.717, 1.165) is 34.8 Å². The molecule has 3 aromatic rings. The van der Waals surface area contributed by atoms with Gasteiger partial charge in [-0.3, -0.25) is 4.79 Å². The molecule has 0 aliphatic heterocycles. The highest BCUT2D eigenvalue weighted by molar-refractivity contribution is 7.13. The first-order valence-corrected chi connectivity index (χ1v) is 8.47. The van der Waals surface area contributed by atoms with Crippen LogP contribution in [-0.2, 0) is 6.42 Å². The zero-order valence-corrected chi connectivity index (χ0v) is 14.1. The lowest BCUT2D eigenvalue weighted by Gasteiger charge is -2.01. The normalized spacial score (nSPS) is 10.9. The molecule has 120 valence electrons. The van der Waals surface area contributed by atoms with Crippen LogP contribution in [0.25, 0.3) is 11.0 Å². The number of benzene rings is 1. The summed E-state index contributed by atoms with van der Waals surface area (Å²) < 4.78 is 0. The van der Waals surface area contributed by atoms with Gasteiger partial charge in [0.1, 0.15) is 11.5 Å². The number of halogens is 1. The van der Waals surface area contributed by atoms with Gasteiger partial charge in [0, 0.05) is 30.4 Å². The Bertz CT molecular complexity index is 828. The molecule has 2 aromatic heterocycles. The van der Waals surface area contributed by atoms with E-state index in [0.29, 0.717) is 17.3 Å². The Balaban J connectivity index is 1.49. The van der Waals surface area contributed by atoms with Crippen LogP contribution in [0.2, 0.25) is 5.02 Å². The van der Waals surface area contributed by atoms with Crippen molar-refractivity contribution in [2.24, 2.45) is 0 Å². The van der Waals surface area contributed by atoms with Gasteiger partial charge in [-0.1, -0.05) is 11.6 Å². The van der Waals surface area contributed by atoms with Crippen LogP contribution in [0.3, 0.4) is 0 Å². The zero-order chi connectivity index (χ0) is 16.2. The lowest BCUT2D eigenvalue weighted by molar-refractivity contribution is 0.0949. The molecule has 0 bridgehead atoms. The third-order valence-electron chi connectivity index (χ3n) is 3.32. The number of imidazole rings is 1. The third-order valence-corrected chi connectivity index (χ3v) is 4.41. The summed E-state index contributed by atoms with van der Waals surface area (Å²) in [7, 11) is 1.78. The van der Waals surface area contributed by atoms with E-state index in [4.69, 9.17) is 11.6 Å². The van der Waals surface area contributed by atoms with Gasteiger partial charge in [-0.05, 0) is 24.6 Å². The van der Waals surface area contributed by atoms with Crippen molar-refractivity contribution in [3.63, 3.8) is 0 Å². The first-order chi connectivity index (χ1) is 11.2. The molecule has 0 aliphatic carbocycles. The van der Waals surface area contributed by atoms with Crippen molar-refractivity contribution < 1.29 is 4.79 Å². The fourth-order valence-electron chi connectivity index (χ4n) is 2.19. The van der Waals surface area contributed by atoms with E-state index in [9.17, 15) is 4.79 Å². The molecule has 0 aliphatic rings. The summed E-state index contributed by atoms with van der Waals surface area (Å²) in [6.07, 6.45) is 1.55. The van der Waals surface area contributed by atoms with Gasteiger partial charge < -0.3 is 15.6 Å². The largest absolute Gasteiger partial charge is 0.365 e. The Hall–Kier alpha value is -2.12. The van der Waals surface area contributed by atoms with Crippen molar-refractivity contribution >= 4 is 45.0 Å². The van der Waals surface area contributed by atoms with Gasteiger partial charge in [-0.15, -0.1) is 11.3 Å². The number of hydrogen-bond acceptors (Lipinski definition) is 5. The lowest BCUT2D eigenvalue weighted by atomic mass is 10.3. The van der Waals surface area contributed by atoms with Crippen LogP contribution in [0, 0.1) is 0 Å². The second kappa shape index (κ2) is 6.97. The molecule has 2 heterocycles. The van der Waals surface area contributed by atoms with Crippen LogP contribution in [-0.4, -0.2) is 34.5 Å².